The minimum Gasteiger partial charge on any atom is -0.467 e. The molecular weight excluding hydrogens is 314 g/mol. The van der Waals surface area contributed by atoms with E-state index in [1.54, 1.807) is 24.3 Å². The molecule has 0 heterocycles. The number of methoxy groups -OCH3 is 1. The molecule has 2 aromatic rings. The molecule has 1 N–H and O–H groups in total. The predicted molar refractivity (Wildman–Crippen MR) is 89.5 cm³/mol. The Bertz CT molecular complexity index is 656. The zero-order chi connectivity index (χ0) is 16.7. The molecule has 2 aromatic carbocycles. The van der Waals surface area contributed by atoms with Crippen molar-refractivity contribution < 1.29 is 14.3 Å². The van der Waals surface area contributed by atoms with Gasteiger partial charge in [-0.1, -0.05) is 41.9 Å². The van der Waals surface area contributed by atoms with E-state index in [4.69, 9.17) is 16.3 Å². The number of benzene rings is 2. The number of nitrogens with one attached hydrogen (secondary N) is 1. The van der Waals surface area contributed by atoms with Gasteiger partial charge in [0.1, 0.15) is 6.04 Å². The molecule has 0 saturated heterocycles. The van der Waals surface area contributed by atoms with Crippen LogP contribution < -0.4 is 5.32 Å². The number of carbonyl (C=O) groups is 2. The quantitative estimate of drug-likeness (QED) is 0.827. The van der Waals surface area contributed by atoms with Crippen LogP contribution in [0.3, 0.4) is 0 Å². The van der Waals surface area contributed by atoms with Gasteiger partial charge in [0, 0.05) is 10.6 Å². The highest BCUT2D eigenvalue weighted by molar-refractivity contribution is 6.30. The average Bonchev–Trinajstić information content (AvgIpc) is 2.59. The first-order chi connectivity index (χ1) is 11.1. The lowest BCUT2D eigenvalue weighted by Crippen LogP contribution is -2.41. The van der Waals surface area contributed by atoms with Crippen molar-refractivity contribution >= 4 is 23.5 Å². The molecule has 0 spiro atoms. The first kappa shape index (κ1) is 17.0. The molecule has 0 aliphatic heterocycles. The van der Waals surface area contributed by atoms with Crippen molar-refractivity contribution in [3.63, 3.8) is 0 Å². The summed E-state index contributed by atoms with van der Waals surface area (Å²) < 4.78 is 4.78. The Kier molecular flexibility index (Phi) is 6.18. The Morgan fingerprint density at radius 1 is 1.09 bits per heavy atom. The van der Waals surface area contributed by atoms with Gasteiger partial charge in [-0.25, -0.2) is 4.79 Å². The fourth-order valence-corrected chi connectivity index (χ4v) is 2.32. The van der Waals surface area contributed by atoms with Gasteiger partial charge in [-0.15, -0.1) is 0 Å². The van der Waals surface area contributed by atoms with E-state index in [2.05, 4.69) is 5.32 Å². The fraction of sp³-hybridized carbons (Fsp3) is 0.222. The third kappa shape index (κ3) is 5.11. The molecule has 0 bridgehead atoms. The number of rotatable bonds is 6. The summed E-state index contributed by atoms with van der Waals surface area (Å²) in [5, 5.41) is 3.27. The van der Waals surface area contributed by atoms with E-state index >= 15 is 0 Å². The SMILES string of the molecule is COC(=O)[C@@H](CCc1ccccc1)NC(=O)c1ccc(Cl)cc1. The molecule has 0 radical (unpaired) electrons. The summed E-state index contributed by atoms with van der Waals surface area (Å²) in [6.45, 7) is 0. The number of halogens is 1. The van der Waals surface area contributed by atoms with E-state index in [9.17, 15) is 9.59 Å². The summed E-state index contributed by atoms with van der Waals surface area (Å²) in [5.41, 5.74) is 1.55. The van der Waals surface area contributed by atoms with E-state index in [0.717, 1.165) is 5.56 Å². The number of hydrogen-bond acceptors (Lipinski definition) is 3. The third-order valence-electron chi connectivity index (χ3n) is 3.46. The van der Waals surface area contributed by atoms with E-state index in [1.165, 1.54) is 7.11 Å². The number of aryl methyl sites for hydroxylation is 1. The molecule has 5 heteroatoms. The summed E-state index contributed by atoms with van der Waals surface area (Å²) in [5.74, 6) is -0.784. The van der Waals surface area contributed by atoms with Crippen molar-refractivity contribution in [1.29, 1.82) is 0 Å². The van der Waals surface area contributed by atoms with Gasteiger partial charge in [0.2, 0.25) is 0 Å². The topological polar surface area (TPSA) is 55.4 Å². The van der Waals surface area contributed by atoms with Gasteiger partial charge in [0.05, 0.1) is 7.11 Å². The molecule has 2 rings (SSSR count). The molecular formula is C18H18ClNO3. The second-order valence-corrected chi connectivity index (χ2v) is 5.52. The summed E-state index contributed by atoms with van der Waals surface area (Å²) in [4.78, 5) is 24.1. The van der Waals surface area contributed by atoms with Gasteiger partial charge < -0.3 is 10.1 Å². The highest BCUT2D eigenvalue weighted by Gasteiger charge is 2.21. The Labute approximate surface area is 140 Å². The van der Waals surface area contributed by atoms with Crippen molar-refractivity contribution in [1.82, 2.24) is 5.32 Å². The lowest BCUT2D eigenvalue weighted by molar-refractivity contribution is -0.143. The van der Waals surface area contributed by atoms with Gasteiger partial charge in [-0.2, -0.15) is 0 Å². The molecule has 1 amide bonds. The van der Waals surface area contributed by atoms with Crippen molar-refractivity contribution in [2.75, 3.05) is 7.11 Å². The number of esters is 1. The van der Waals surface area contributed by atoms with E-state index in [-0.39, 0.29) is 5.91 Å². The Morgan fingerprint density at radius 2 is 1.74 bits per heavy atom. The summed E-state index contributed by atoms with van der Waals surface area (Å²) in [6.07, 6.45) is 1.14. The van der Waals surface area contributed by atoms with Crippen LogP contribution in [0.15, 0.2) is 54.6 Å². The van der Waals surface area contributed by atoms with Gasteiger partial charge in [0.25, 0.3) is 5.91 Å². The van der Waals surface area contributed by atoms with Crippen LogP contribution >= 0.6 is 11.6 Å². The number of ether oxygens (including phenoxy) is 1. The molecule has 0 unspecified atom stereocenters. The fourth-order valence-electron chi connectivity index (χ4n) is 2.19. The van der Waals surface area contributed by atoms with Crippen molar-refractivity contribution in [3.8, 4) is 0 Å². The van der Waals surface area contributed by atoms with Crippen molar-refractivity contribution in [2.45, 2.75) is 18.9 Å². The van der Waals surface area contributed by atoms with Crippen molar-refractivity contribution in [2.24, 2.45) is 0 Å². The molecule has 120 valence electrons. The predicted octanol–water partition coefficient (Wildman–Crippen LogP) is 3.24. The Hall–Kier alpha value is -2.33. The van der Waals surface area contributed by atoms with Crippen molar-refractivity contribution in [3.05, 3.63) is 70.7 Å². The summed E-state index contributed by atoms with van der Waals surface area (Å²) in [6, 6.07) is 15.6. The maximum atomic E-state index is 12.2. The summed E-state index contributed by atoms with van der Waals surface area (Å²) in [7, 11) is 1.31. The number of hydrogen-bond donors (Lipinski definition) is 1. The van der Waals surface area contributed by atoms with E-state index in [0.29, 0.717) is 23.4 Å². The zero-order valence-electron chi connectivity index (χ0n) is 12.8. The van der Waals surface area contributed by atoms with Crippen LogP contribution in [0.4, 0.5) is 0 Å². The molecule has 0 aliphatic carbocycles. The maximum Gasteiger partial charge on any atom is 0.328 e. The minimum atomic E-state index is -0.691. The normalized spacial score (nSPS) is 11.6. The lowest BCUT2D eigenvalue weighted by atomic mass is 10.0. The first-order valence-corrected chi connectivity index (χ1v) is 7.66. The highest BCUT2D eigenvalue weighted by atomic mass is 35.5. The number of carbonyl (C=O) groups excluding carboxylic acids is 2. The summed E-state index contributed by atoms with van der Waals surface area (Å²) >= 11 is 5.81. The second-order valence-electron chi connectivity index (χ2n) is 5.08. The van der Waals surface area contributed by atoms with E-state index < -0.39 is 12.0 Å². The number of amides is 1. The molecule has 0 aromatic heterocycles. The lowest BCUT2D eigenvalue weighted by Gasteiger charge is -2.16. The molecule has 0 aliphatic rings. The monoisotopic (exact) mass is 331 g/mol. The smallest absolute Gasteiger partial charge is 0.328 e. The van der Waals surface area contributed by atoms with Gasteiger partial charge in [-0.3, -0.25) is 4.79 Å². The van der Waals surface area contributed by atoms with Crippen LogP contribution in [0.2, 0.25) is 5.02 Å². The minimum absolute atomic E-state index is 0.329. The van der Waals surface area contributed by atoms with Gasteiger partial charge in [0.15, 0.2) is 0 Å². The zero-order valence-corrected chi connectivity index (χ0v) is 13.5. The highest BCUT2D eigenvalue weighted by Crippen LogP contribution is 2.11. The second kappa shape index (κ2) is 8.34. The van der Waals surface area contributed by atoms with E-state index in [1.807, 2.05) is 30.3 Å². The van der Waals surface area contributed by atoms with Crippen LogP contribution in [-0.4, -0.2) is 25.0 Å². The van der Waals surface area contributed by atoms with Crippen LogP contribution in [-0.2, 0) is 16.0 Å². The molecule has 4 nitrogen and oxygen atoms in total. The van der Waals surface area contributed by atoms with Crippen LogP contribution in [0.1, 0.15) is 22.3 Å². The molecule has 0 fully saturated rings. The molecule has 1 atom stereocenters. The van der Waals surface area contributed by atoms with Gasteiger partial charge in [-0.05, 0) is 42.7 Å². The molecule has 0 saturated carbocycles. The Morgan fingerprint density at radius 3 is 2.35 bits per heavy atom. The van der Waals surface area contributed by atoms with Crippen LogP contribution in [0, 0.1) is 0 Å². The first-order valence-electron chi connectivity index (χ1n) is 7.28. The largest absolute Gasteiger partial charge is 0.467 e. The van der Waals surface area contributed by atoms with Gasteiger partial charge >= 0.3 is 5.97 Å². The molecule has 23 heavy (non-hydrogen) atoms. The average molecular weight is 332 g/mol. The Balaban J connectivity index is 2.02. The maximum absolute atomic E-state index is 12.2. The van der Waals surface area contributed by atoms with Crippen LogP contribution in [0.5, 0.6) is 0 Å². The third-order valence-corrected chi connectivity index (χ3v) is 3.71. The van der Waals surface area contributed by atoms with Crippen LogP contribution in [0.25, 0.3) is 0 Å². The standard InChI is InChI=1S/C18H18ClNO3/c1-23-18(22)16(12-7-13-5-3-2-4-6-13)20-17(21)14-8-10-15(19)11-9-14/h2-6,8-11,16H,7,12H2,1H3,(H,20,21)/t16-/m1/s1.